The van der Waals surface area contributed by atoms with Gasteiger partial charge in [0.15, 0.2) is 0 Å². The molecule has 0 aromatic carbocycles. The number of ether oxygens (including phenoxy) is 1. The summed E-state index contributed by atoms with van der Waals surface area (Å²) in [5.41, 5.74) is 5.67. The van der Waals surface area contributed by atoms with Crippen molar-refractivity contribution < 1.29 is 22.3 Å². The van der Waals surface area contributed by atoms with Crippen molar-refractivity contribution in [1.29, 1.82) is 0 Å². The van der Waals surface area contributed by atoms with E-state index >= 15 is 0 Å². The summed E-state index contributed by atoms with van der Waals surface area (Å²) in [6, 6.07) is 1.34. The van der Waals surface area contributed by atoms with Gasteiger partial charge in [-0.2, -0.15) is 8.78 Å². The number of hydrogen-bond donors (Lipinski definition) is 1. The summed E-state index contributed by atoms with van der Waals surface area (Å²) in [4.78, 5) is 0.965. The van der Waals surface area contributed by atoms with Crippen LogP contribution in [-0.2, 0) is 11.2 Å². The summed E-state index contributed by atoms with van der Waals surface area (Å²) in [5, 5.41) is 1.86. The fourth-order valence-electron chi connectivity index (χ4n) is 1.18. The highest BCUT2D eigenvalue weighted by Gasteiger charge is 2.41. The van der Waals surface area contributed by atoms with E-state index in [1.807, 2.05) is 11.4 Å². The molecule has 8 heteroatoms. The van der Waals surface area contributed by atoms with Crippen LogP contribution in [-0.4, -0.2) is 31.6 Å². The van der Waals surface area contributed by atoms with Gasteiger partial charge in [-0.15, -0.1) is 11.3 Å². The zero-order valence-corrected chi connectivity index (χ0v) is 11.6. The molecule has 0 aliphatic heterocycles. The first-order chi connectivity index (χ1) is 8.33. The average molecular weight is 350 g/mol. The monoisotopic (exact) mass is 349 g/mol. The van der Waals surface area contributed by atoms with Crippen LogP contribution in [0.2, 0.25) is 0 Å². The molecule has 2 nitrogen and oxygen atoms in total. The fourth-order valence-corrected chi connectivity index (χ4v) is 2.79. The van der Waals surface area contributed by atoms with Gasteiger partial charge >= 0.3 is 12.3 Å². The van der Waals surface area contributed by atoms with Crippen LogP contribution in [0, 0.1) is 0 Å². The summed E-state index contributed by atoms with van der Waals surface area (Å²) in [7, 11) is 0. The molecule has 1 aromatic rings. The summed E-state index contributed by atoms with van der Waals surface area (Å²) >= 11 is 4.78. The van der Waals surface area contributed by atoms with Gasteiger partial charge < -0.3 is 10.5 Å². The molecule has 0 saturated heterocycles. The quantitative estimate of drug-likeness (QED) is 0.766. The Morgan fingerprint density at radius 3 is 2.61 bits per heavy atom. The number of rotatable bonds is 7. The number of nitrogens with two attached hydrogens (primary N) is 1. The lowest BCUT2D eigenvalue weighted by molar-refractivity contribution is -0.166. The van der Waals surface area contributed by atoms with Gasteiger partial charge in [0.25, 0.3) is 0 Å². The lowest BCUT2D eigenvalue weighted by atomic mass is 10.2. The maximum absolute atomic E-state index is 12.5. The van der Waals surface area contributed by atoms with Crippen molar-refractivity contribution in [1.82, 2.24) is 0 Å². The molecular formula is C10H12BrF4NOS. The van der Waals surface area contributed by atoms with Crippen LogP contribution in [0.15, 0.2) is 15.9 Å². The number of hydrogen-bond acceptors (Lipinski definition) is 3. The van der Waals surface area contributed by atoms with E-state index in [9.17, 15) is 17.6 Å². The highest BCUT2D eigenvalue weighted by atomic mass is 79.9. The van der Waals surface area contributed by atoms with Crippen molar-refractivity contribution in [3.05, 3.63) is 20.8 Å². The maximum atomic E-state index is 12.5. The predicted molar refractivity (Wildman–Crippen MR) is 65.5 cm³/mol. The molecule has 0 spiro atoms. The molecule has 0 fully saturated rings. The van der Waals surface area contributed by atoms with Crippen molar-refractivity contribution in [2.45, 2.75) is 24.8 Å². The highest BCUT2D eigenvalue weighted by Crippen LogP contribution is 2.25. The van der Waals surface area contributed by atoms with Gasteiger partial charge in [0.1, 0.15) is 6.61 Å². The molecular weight excluding hydrogens is 338 g/mol. The topological polar surface area (TPSA) is 35.2 Å². The Morgan fingerprint density at radius 2 is 2.11 bits per heavy atom. The van der Waals surface area contributed by atoms with Crippen LogP contribution in [0.5, 0.6) is 0 Å². The van der Waals surface area contributed by atoms with Crippen LogP contribution in [0.3, 0.4) is 0 Å². The summed E-state index contributed by atoms with van der Waals surface area (Å²) < 4.78 is 54.1. The summed E-state index contributed by atoms with van der Waals surface area (Å²) in [6.45, 7) is -1.50. The van der Waals surface area contributed by atoms with E-state index in [0.717, 1.165) is 9.35 Å². The van der Waals surface area contributed by atoms with Crippen molar-refractivity contribution in [3.8, 4) is 0 Å². The molecule has 18 heavy (non-hydrogen) atoms. The minimum Gasteiger partial charge on any atom is -0.373 e. The van der Waals surface area contributed by atoms with E-state index in [0.29, 0.717) is 6.42 Å². The molecule has 0 aliphatic rings. The summed E-state index contributed by atoms with van der Waals surface area (Å²) in [5.74, 6) is -4.12. The molecule has 1 rings (SSSR count). The Morgan fingerprint density at radius 1 is 1.44 bits per heavy atom. The van der Waals surface area contributed by atoms with Crippen LogP contribution >= 0.6 is 27.3 Å². The molecule has 2 N–H and O–H groups in total. The van der Waals surface area contributed by atoms with Crippen molar-refractivity contribution in [2.75, 3.05) is 13.2 Å². The molecule has 1 heterocycles. The molecule has 104 valence electrons. The van der Waals surface area contributed by atoms with E-state index in [1.54, 1.807) is 0 Å². The summed E-state index contributed by atoms with van der Waals surface area (Å²) in [6.07, 6.45) is -3.28. The van der Waals surface area contributed by atoms with Crippen molar-refractivity contribution >= 4 is 27.3 Å². The molecule has 0 bridgehead atoms. The maximum Gasteiger partial charge on any atom is 0.330 e. The zero-order chi connectivity index (χ0) is 13.8. The Hall–Kier alpha value is -0.180. The molecule has 1 aromatic heterocycles. The Kier molecular flexibility index (Phi) is 6.03. The minimum absolute atomic E-state index is 0.188. The first kappa shape index (κ1) is 15.9. The minimum atomic E-state index is -4.12. The van der Waals surface area contributed by atoms with Crippen LogP contribution in [0.1, 0.15) is 4.88 Å². The molecule has 1 atom stereocenters. The number of halogens is 5. The van der Waals surface area contributed by atoms with E-state index in [1.165, 1.54) is 11.3 Å². The second-order valence-electron chi connectivity index (χ2n) is 3.73. The first-order valence-electron chi connectivity index (χ1n) is 5.04. The second kappa shape index (κ2) is 6.83. The van der Waals surface area contributed by atoms with Gasteiger partial charge in [0, 0.05) is 21.8 Å². The SMILES string of the molecule is NC(COCC(F)(F)C(F)F)Cc1sccc1Br. The third-order valence-corrected chi connectivity index (χ3v) is 4.03. The van der Waals surface area contributed by atoms with Gasteiger partial charge in [-0.1, -0.05) is 0 Å². The van der Waals surface area contributed by atoms with Gasteiger partial charge in [0.2, 0.25) is 0 Å². The lowest BCUT2D eigenvalue weighted by Crippen LogP contribution is -2.36. The number of thiophene rings is 1. The molecule has 0 radical (unpaired) electrons. The highest BCUT2D eigenvalue weighted by molar-refractivity contribution is 9.10. The smallest absolute Gasteiger partial charge is 0.330 e. The van der Waals surface area contributed by atoms with E-state index < -0.39 is 25.0 Å². The lowest BCUT2D eigenvalue weighted by Gasteiger charge is -2.17. The largest absolute Gasteiger partial charge is 0.373 e. The van der Waals surface area contributed by atoms with E-state index in [2.05, 4.69) is 20.7 Å². The third kappa shape index (κ3) is 4.83. The predicted octanol–water partition coefficient (Wildman–Crippen LogP) is 3.30. The van der Waals surface area contributed by atoms with E-state index in [4.69, 9.17) is 5.73 Å². The molecule has 1 unspecified atom stereocenters. The molecule has 0 amide bonds. The van der Waals surface area contributed by atoms with Gasteiger partial charge in [0.05, 0.1) is 6.61 Å². The average Bonchev–Trinajstić information content (AvgIpc) is 2.64. The molecule has 0 aliphatic carbocycles. The normalized spacial score (nSPS) is 14.2. The van der Waals surface area contributed by atoms with E-state index in [-0.39, 0.29) is 6.61 Å². The van der Waals surface area contributed by atoms with Gasteiger partial charge in [-0.05, 0) is 27.4 Å². The zero-order valence-electron chi connectivity index (χ0n) is 9.21. The van der Waals surface area contributed by atoms with Gasteiger partial charge in [-0.3, -0.25) is 0 Å². The number of alkyl halides is 4. The Labute approximate surface area is 114 Å². The Balaban J connectivity index is 2.30. The van der Waals surface area contributed by atoms with Crippen molar-refractivity contribution in [2.24, 2.45) is 5.73 Å². The van der Waals surface area contributed by atoms with Crippen LogP contribution in [0.4, 0.5) is 17.6 Å². The third-order valence-electron chi connectivity index (χ3n) is 2.08. The molecule has 0 saturated carbocycles. The second-order valence-corrected chi connectivity index (χ2v) is 5.59. The first-order valence-corrected chi connectivity index (χ1v) is 6.71. The van der Waals surface area contributed by atoms with Gasteiger partial charge in [-0.25, -0.2) is 8.78 Å². The van der Waals surface area contributed by atoms with Crippen molar-refractivity contribution in [3.63, 3.8) is 0 Å². The van der Waals surface area contributed by atoms with Crippen LogP contribution in [0.25, 0.3) is 0 Å². The van der Waals surface area contributed by atoms with Crippen LogP contribution < -0.4 is 5.73 Å². The fraction of sp³-hybridized carbons (Fsp3) is 0.600. The standard InChI is InChI=1S/C10H12BrF4NOS/c11-7-1-2-18-8(7)3-6(16)4-17-5-10(14,15)9(12)13/h1-2,6,9H,3-5,16H2. The Bertz CT molecular complexity index is 375.